The number of benzene rings is 2. The van der Waals surface area contributed by atoms with Crippen LogP contribution in [-0.4, -0.2) is 0 Å². The van der Waals surface area contributed by atoms with Crippen molar-refractivity contribution < 1.29 is 8.78 Å². The Morgan fingerprint density at radius 3 is 2.42 bits per heavy atom. The molecule has 0 heterocycles. The molecule has 1 atom stereocenters. The number of hydrogen-bond acceptors (Lipinski definition) is 1. The molecule has 0 aliphatic heterocycles. The molecule has 0 radical (unpaired) electrons. The van der Waals surface area contributed by atoms with Crippen LogP contribution in [0.1, 0.15) is 17.2 Å². The zero-order valence-electron chi connectivity index (χ0n) is 9.43. The van der Waals surface area contributed by atoms with E-state index < -0.39 is 17.7 Å². The van der Waals surface area contributed by atoms with Crippen LogP contribution in [0.25, 0.3) is 0 Å². The second-order valence-electron chi connectivity index (χ2n) is 3.91. The van der Waals surface area contributed by atoms with Gasteiger partial charge in [-0.1, -0.05) is 23.7 Å². The summed E-state index contributed by atoms with van der Waals surface area (Å²) in [5.74, 6) is -0.948. The molecule has 6 heteroatoms. The molecule has 0 bridgehead atoms. The van der Waals surface area contributed by atoms with Gasteiger partial charge in [0.05, 0.1) is 15.5 Å². The van der Waals surface area contributed by atoms with Gasteiger partial charge in [-0.15, -0.1) is 0 Å². The molecule has 0 amide bonds. The molecule has 0 fully saturated rings. The lowest BCUT2D eigenvalue weighted by atomic mass is 9.99. The van der Waals surface area contributed by atoms with Crippen molar-refractivity contribution in [3.63, 3.8) is 0 Å². The van der Waals surface area contributed by atoms with Gasteiger partial charge in [0.15, 0.2) is 0 Å². The minimum atomic E-state index is -0.810. The number of halogens is 5. The molecule has 2 aromatic rings. The van der Waals surface area contributed by atoms with Crippen LogP contribution >= 0.6 is 43.5 Å². The summed E-state index contributed by atoms with van der Waals surface area (Å²) in [6, 6.07) is 6.32. The van der Waals surface area contributed by atoms with Crippen molar-refractivity contribution in [1.29, 1.82) is 0 Å². The van der Waals surface area contributed by atoms with Crippen molar-refractivity contribution >= 4 is 43.5 Å². The van der Waals surface area contributed by atoms with Gasteiger partial charge >= 0.3 is 0 Å². The van der Waals surface area contributed by atoms with Crippen LogP contribution in [0.5, 0.6) is 0 Å². The van der Waals surface area contributed by atoms with Crippen LogP contribution in [-0.2, 0) is 0 Å². The van der Waals surface area contributed by atoms with E-state index in [0.29, 0.717) is 15.1 Å². The van der Waals surface area contributed by atoms with Gasteiger partial charge in [-0.2, -0.15) is 0 Å². The maximum absolute atomic E-state index is 13.9. The molecule has 0 spiro atoms. The van der Waals surface area contributed by atoms with E-state index in [0.717, 1.165) is 0 Å². The Kier molecular flexibility index (Phi) is 4.61. The molecule has 0 saturated heterocycles. The van der Waals surface area contributed by atoms with Crippen molar-refractivity contribution in [2.75, 3.05) is 0 Å². The average molecular weight is 411 g/mol. The number of nitrogens with two attached hydrogens (primary N) is 1. The van der Waals surface area contributed by atoms with E-state index in [4.69, 9.17) is 17.3 Å². The summed E-state index contributed by atoms with van der Waals surface area (Å²) in [7, 11) is 0. The Hall–Kier alpha value is -0.490. The summed E-state index contributed by atoms with van der Waals surface area (Å²) in [5, 5.41) is 0.347. The molecule has 2 N–H and O–H groups in total. The molecular formula is C13H8Br2ClF2N. The normalized spacial score (nSPS) is 12.5. The summed E-state index contributed by atoms with van der Waals surface area (Å²) in [5.41, 5.74) is 6.66. The molecule has 19 heavy (non-hydrogen) atoms. The van der Waals surface area contributed by atoms with Crippen molar-refractivity contribution in [2.45, 2.75) is 6.04 Å². The van der Waals surface area contributed by atoms with E-state index in [1.165, 1.54) is 24.3 Å². The van der Waals surface area contributed by atoms with Crippen molar-refractivity contribution in [3.8, 4) is 0 Å². The fourth-order valence-corrected chi connectivity index (χ4v) is 2.70. The topological polar surface area (TPSA) is 26.0 Å². The van der Waals surface area contributed by atoms with Crippen LogP contribution in [0, 0.1) is 11.6 Å². The van der Waals surface area contributed by atoms with Gasteiger partial charge in [0.2, 0.25) is 0 Å². The van der Waals surface area contributed by atoms with E-state index >= 15 is 0 Å². The van der Waals surface area contributed by atoms with Gasteiger partial charge < -0.3 is 5.73 Å². The molecule has 1 unspecified atom stereocenters. The van der Waals surface area contributed by atoms with Gasteiger partial charge in [0, 0.05) is 10.0 Å². The van der Waals surface area contributed by atoms with Gasteiger partial charge in [0.1, 0.15) is 11.6 Å². The minimum Gasteiger partial charge on any atom is -0.320 e. The third-order valence-electron chi connectivity index (χ3n) is 2.69. The molecule has 0 saturated carbocycles. The maximum atomic E-state index is 13.9. The van der Waals surface area contributed by atoms with E-state index in [1.54, 1.807) is 6.07 Å². The first kappa shape index (κ1) is 14.9. The van der Waals surface area contributed by atoms with Gasteiger partial charge in [0.25, 0.3) is 0 Å². The standard InChI is InChI=1S/C13H8Br2ClF2N/c14-8-5-11(18)7(4-9(8)16)13(19)6-2-1-3-10(17)12(6)15/h1-5,13H,19H2. The predicted molar refractivity (Wildman–Crippen MR) is 79.2 cm³/mol. The highest BCUT2D eigenvalue weighted by molar-refractivity contribution is 9.10. The van der Waals surface area contributed by atoms with Crippen molar-refractivity contribution in [2.24, 2.45) is 5.73 Å². The molecule has 0 aliphatic carbocycles. The quantitative estimate of drug-likeness (QED) is 0.676. The fraction of sp³-hybridized carbons (Fsp3) is 0.0769. The first-order valence-corrected chi connectivity index (χ1v) is 7.22. The van der Waals surface area contributed by atoms with Crippen LogP contribution < -0.4 is 5.73 Å². The lowest BCUT2D eigenvalue weighted by molar-refractivity contribution is 0.592. The summed E-state index contributed by atoms with van der Waals surface area (Å²) in [6.07, 6.45) is 0. The van der Waals surface area contributed by atoms with E-state index in [9.17, 15) is 8.78 Å². The Morgan fingerprint density at radius 2 is 1.74 bits per heavy atom. The molecule has 100 valence electrons. The van der Waals surface area contributed by atoms with Crippen LogP contribution in [0.2, 0.25) is 5.02 Å². The molecule has 0 aliphatic rings. The zero-order valence-corrected chi connectivity index (χ0v) is 13.4. The highest BCUT2D eigenvalue weighted by Crippen LogP contribution is 2.33. The van der Waals surface area contributed by atoms with Gasteiger partial charge in [-0.25, -0.2) is 8.78 Å². The van der Waals surface area contributed by atoms with E-state index in [2.05, 4.69) is 31.9 Å². The number of rotatable bonds is 2. The molecule has 2 aromatic carbocycles. The number of hydrogen-bond donors (Lipinski definition) is 1. The van der Waals surface area contributed by atoms with Crippen LogP contribution in [0.15, 0.2) is 39.3 Å². The zero-order chi connectivity index (χ0) is 14.2. The minimum absolute atomic E-state index is 0.208. The average Bonchev–Trinajstić information content (AvgIpc) is 2.36. The fourth-order valence-electron chi connectivity index (χ4n) is 1.70. The molecular weight excluding hydrogens is 403 g/mol. The first-order chi connectivity index (χ1) is 8.91. The van der Waals surface area contributed by atoms with Gasteiger partial charge in [-0.3, -0.25) is 0 Å². The largest absolute Gasteiger partial charge is 0.320 e. The third-order valence-corrected chi connectivity index (χ3v) is 4.72. The van der Waals surface area contributed by atoms with Crippen LogP contribution in [0.4, 0.5) is 8.78 Å². The molecule has 0 aromatic heterocycles. The summed E-state index contributed by atoms with van der Waals surface area (Å²) in [6.45, 7) is 0. The van der Waals surface area contributed by atoms with Crippen LogP contribution in [0.3, 0.4) is 0 Å². The highest BCUT2D eigenvalue weighted by Gasteiger charge is 2.19. The maximum Gasteiger partial charge on any atom is 0.137 e. The Balaban J connectivity index is 2.53. The van der Waals surface area contributed by atoms with Crippen molar-refractivity contribution in [3.05, 3.63) is 67.1 Å². The Bertz CT molecular complexity index is 634. The monoisotopic (exact) mass is 409 g/mol. The van der Waals surface area contributed by atoms with Gasteiger partial charge in [-0.05, 0) is 55.6 Å². The Morgan fingerprint density at radius 1 is 1.05 bits per heavy atom. The lowest BCUT2D eigenvalue weighted by Gasteiger charge is -2.16. The summed E-state index contributed by atoms with van der Waals surface area (Å²) < 4.78 is 28.1. The molecule has 2 rings (SSSR count). The first-order valence-electron chi connectivity index (χ1n) is 5.25. The SMILES string of the molecule is NC(c1cc(Cl)c(Br)cc1F)c1cccc(F)c1Br. The Labute approximate surface area is 131 Å². The van der Waals surface area contributed by atoms with Crippen molar-refractivity contribution in [1.82, 2.24) is 0 Å². The highest BCUT2D eigenvalue weighted by atomic mass is 79.9. The predicted octanol–water partition coefficient (Wildman–Crippen LogP) is 5.19. The lowest BCUT2D eigenvalue weighted by Crippen LogP contribution is -2.15. The van der Waals surface area contributed by atoms with E-state index in [1.807, 2.05) is 0 Å². The smallest absolute Gasteiger partial charge is 0.137 e. The molecule has 1 nitrogen and oxygen atoms in total. The van der Waals surface area contributed by atoms with E-state index in [-0.39, 0.29) is 10.0 Å². The summed E-state index contributed by atoms with van der Waals surface area (Å²) >= 11 is 12.2. The second-order valence-corrected chi connectivity index (χ2v) is 5.96. The third kappa shape index (κ3) is 2.99. The second kappa shape index (κ2) is 5.87. The summed E-state index contributed by atoms with van der Waals surface area (Å²) in [4.78, 5) is 0.